The lowest BCUT2D eigenvalue weighted by atomic mass is 9.95. The minimum atomic E-state index is 0.0475. The predicted octanol–water partition coefficient (Wildman–Crippen LogP) is 4.39. The number of anilines is 1. The van der Waals surface area contributed by atoms with E-state index in [9.17, 15) is 4.79 Å². The molecular formula is C24H25N5OS. The van der Waals surface area contributed by atoms with Crippen molar-refractivity contribution in [1.29, 1.82) is 0 Å². The third-order valence-corrected chi connectivity index (χ3v) is 7.08. The molecule has 1 amide bonds. The Bertz CT molecular complexity index is 1250. The van der Waals surface area contributed by atoms with Crippen LogP contribution in [0.2, 0.25) is 0 Å². The summed E-state index contributed by atoms with van der Waals surface area (Å²) in [5.74, 6) is 1.16. The normalized spacial score (nSPS) is 15.0. The molecule has 1 saturated heterocycles. The number of hydrogen-bond acceptors (Lipinski definition) is 6. The fraction of sp³-hybridized carbons (Fsp3) is 0.333. The molecule has 1 aliphatic heterocycles. The van der Waals surface area contributed by atoms with Crippen LogP contribution in [-0.4, -0.2) is 33.9 Å². The van der Waals surface area contributed by atoms with Crippen LogP contribution in [0.15, 0.2) is 42.7 Å². The van der Waals surface area contributed by atoms with Crippen molar-refractivity contribution in [1.82, 2.24) is 20.3 Å². The Kier molecular flexibility index (Phi) is 5.28. The molecule has 0 radical (unpaired) electrons. The van der Waals surface area contributed by atoms with Gasteiger partial charge in [-0.1, -0.05) is 30.3 Å². The number of thiophene rings is 1. The van der Waals surface area contributed by atoms with E-state index in [4.69, 9.17) is 4.98 Å². The molecule has 158 valence electrons. The van der Waals surface area contributed by atoms with E-state index in [1.165, 1.54) is 5.56 Å². The lowest BCUT2D eigenvalue weighted by Crippen LogP contribution is -2.40. The highest BCUT2D eigenvalue weighted by molar-refractivity contribution is 7.26. The number of piperidine rings is 1. The zero-order valence-electron chi connectivity index (χ0n) is 17.8. The smallest absolute Gasteiger partial charge is 0.223 e. The van der Waals surface area contributed by atoms with Crippen molar-refractivity contribution in [2.75, 3.05) is 18.0 Å². The van der Waals surface area contributed by atoms with E-state index in [1.807, 2.05) is 37.3 Å². The SMILES string of the molecule is Cc1cc(C)c2c(n1)sc1c(N3CCC(C(=O)NCc4ccccc4)CC3)ncnc12. The van der Waals surface area contributed by atoms with Crippen molar-refractivity contribution in [3.05, 3.63) is 59.5 Å². The summed E-state index contributed by atoms with van der Waals surface area (Å²) < 4.78 is 1.09. The number of carbonyl (C=O) groups is 1. The first-order valence-electron chi connectivity index (χ1n) is 10.7. The van der Waals surface area contributed by atoms with Gasteiger partial charge in [0.15, 0.2) is 0 Å². The number of nitrogens with one attached hydrogen (secondary N) is 1. The molecule has 0 unspecified atom stereocenters. The summed E-state index contributed by atoms with van der Waals surface area (Å²) in [7, 11) is 0. The molecule has 7 heteroatoms. The minimum Gasteiger partial charge on any atom is -0.355 e. The van der Waals surface area contributed by atoms with Crippen LogP contribution in [0, 0.1) is 19.8 Å². The molecule has 0 spiro atoms. The largest absolute Gasteiger partial charge is 0.355 e. The molecule has 3 aromatic heterocycles. The minimum absolute atomic E-state index is 0.0475. The maximum atomic E-state index is 12.7. The Morgan fingerprint density at radius 1 is 1.16 bits per heavy atom. The highest BCUT2D eigenvalue weighted by Crippen LogP contribution is 2.38. The Morgan fingerprint density at radius 3 is 2.71 bits per heavy atom. The number of aromatic nitrogens is 3. The van der Waals surface area contributed by atoms with E-state index in [2.05, 4.69) is 33.2 Å². The van der Waals surface area contributed by atoms with Crippen molar-refractivity contribution in [2.24, 2.45) is 5.92 Å². The first kappa shape index (κ1) is 19.9. The number of hydrogen-bond donors (Lipinski definition) is 1. The summed E-state index contributed by atoms with van der Waals surface area (Å²) in [5, 5.41) is 4.22. The first-order chi connectivity index (χ1) is 15.1. The van der Waals surface area contributed by atoms with E-state index in [0.29, 0.717) is 6.54 Å². The van der Waals surface area contributed by atoms with Crippen LogP contribution in [0.1, 0.15) is 29.7 Å². The third kappa shape index (κ3) is 3.85. The van der Waals surface area contributed by atoms with E-state index < -0.39 is 0 Å². The Balaban J connectivity index is 1.31. The van der Waals surface area contributed by atoms with Crippen LogP contribution in [0.3, 0.4) is 0 Å². The molecule has 0 bridgehead atoms. The highest BCUT2D eigenvalue weighted by Gasteiger charge is 2.27. The Labute approximate surface area is 185 Å². The zero-order valence-corrected chi connectivity index (χ0v) is 18.6. The number of nitrogens with zero attached hydrogens (tertiary/aromatic N) is 4. The molecule has 1 fully saturated rings. The average Bonchev–Trinajstić information content (AvgIpc) is 3.17. The van der Waals surface area contributed by atoms with Gasteiger partial charge in [-0.15, -0.1) is 11.3 Å². The van der Waals surface area contributed by atoms with Gasteiger partial charge >= 0.3 is 0 Å². The van der Waals surface area contributed by atoms with E-state index in [-0.39, 0.29) is 11.8 Å². The lowest BCUT2D eigenvalue weighted by molar-refractivity contribution is -0.125. The third-order valence-electron chi connectivity index (χ3n) is 6.01. The van der Waals surface area contributed by atoms with Crippen LogP contribution in [-0.2, 0) is 11.3 Å². The fourth-order valence-corrected chi connectivity index (χ4v) is 5.67. The summed E-state index contributed by atoms with van der Waals surface area (Å²) in [6.45, 7) is 6.35. The van der Waals surface area contributed by atoms with Crippen molar-refractivity contribution in [3.63, 3.8) is 0 Å². The monoisotopic (exact) mass is 431 g/mol. The van der Waals surface area contributed by atoms with Crippen molar-refractivity contribution in [2.45, 2.75) is 33.2 Å². The second kappa shape index (κ2) is 8.23. The molecule has 0 saturated carbocycles. The molecule has 1 N–H and O–H groups in total. The maximum Gasteiger partial charge on any atom is 0.223 e. The van der Waals surface area contributed by atoms with Crippen LogP contribution < -0.4 is 10.2 Å². The van der Waals surface area contributed by atoms with Gasteiger partial charge in [-0.25, -0.2) is 15.0 Å². The van der Waals surface area contributed by atoms with E-state index >= 15 is 0 Å². The second-order valence-electron chi connectivity index (χ2n) is 8.20. The van der Waals surface area contributed by atoms with Gasteiger partial charge in [0.2, 0.25) is 5.91 Å². The second-order valence-corrected chi connectivity index (χ2v) is 9.20. The molecule has 4 heterocycles. The number of rotatable bonds is 4. The van der Waals surface area contributed by atoms with Crippen LogP contribution >= 0.6 is 11.3 Å². The van der Waals surface area contributed by atoms with Crippen LogP contribution in [0.5, 0.6) is 0 Å². The average molecular weight is 432 g/mol. The van der Waals surface area contributed by atoms with Gasteiger partial charge in [0.1, 0.15) is 17.0 Å². The summed E-state index contributed by atoms with van der Waals surface area (Å²) >= 11 is 1.67. The van der Waals surface area contributed by atoms with E-state index in [0.717, 1.165) is 63.4 Å². The summed E-state index contributed by atoms with van der Waals surface area (Å²) in [5.41, 5.74) is 4.33. The maximum absolute atomic E-state index is 12.7. The van der Waals surface area contributed by atoms with Crippen molar-refractivity contribution >= 4 is 43.5 Å². The van der Waals surface area contributed by atoms with Gasteiger partial charge in [-0.05, 0) is 43.9 Å². The molecule has 0 atom stereocenters. The van der Waals surface area contributed by atoms with Crippen LogP contribution in [0.4, 0.5) is 5.82 Å². The van der Waals surface area contributed by atoms with Crippen LogP contribution in [0.25, 0.3) is 20.4 Å². The number of fused-ring (bicyclic) bond motifs is 3. The number of pyridine rings is 1. The highest BCUT2D eigenvalue weighted by atomic mass is 32.1. The molecule has 0 aliphatic carbocycles. The zero-order chi connectivity index (χ0) is 21.4. The summed E-state index contributed by atoms with van der Waals surface area (Å²) in [6.07, 6.45) is 3.31. The molecule has 1 aromatic carbocycles. The van der Waals surface area contributed by atoms with Crippen molar-refractivity contribution in [3.8, 4) is 0 Å². The number of aryl methyl sites for hydroxylation is 2. The number of carbonyl (C=O) groups excluding carboxylic acids is 1. The van der Waals surface area contributed by atoms with Gasteiger partial charge < -0.3 is 10.2 Å². The van der Waals surface area contributed by atoms with Gasteiger partial charge in [0.05, 0.1) is 10.2 Å². The topological polar surface area (TPSA) is 71.0 Å². The molecule has 5 rings (SSSR count). The fourth-order valence-electron chi connectivity index (χ4n) is 4.41. The number of amides is 1. The Morgan fingerprint density at radius 2 is 1.94 bits per heavy atom. The van der Waals surface area contributed by atoms with Gasteiger partial charge in [0.25, 0.3) is 0 Å². The molecular weight excluding hydrogens is 406 g/mol. The molecule has 1 aliphatic rings. The molecule has 31 heavy (non-hydrogen) atoms. The number of benzene rings is 1. The standard InChI is InChI=1S/C24H25N5OS/c1-15-12-16(2)28-24-19(15)20-21(31-24)22(27-14-26-20)29-10-8-18(9-11-29)23(30)25-13-17-6-4-3-5-7-17/h3-7,12,14,18H,8-11,13H2,1-2H3,(H,25,30). The quantitative estimate of drug-likeness (QED) is 0.519. The van der Waals surface area contributed by atoms with E-state index in [1.54, 1.807) is 17.7 Å². The Hall–Kier alpha value is -3.06. The van der Waals surface area contributed by atoms with Gasteiger partial charge in [-0.2, -0.15) is 0 Å². The summed E-state index contributed by atoms with van der Waals surface area (Å²) in [6, 6.07) is 12.2. The molecule has 6 nitrogen and oxygen atoms in total. The predicted molar refractivity (Wildman–Crippen MR) is 125 cm³/mol. The van der Waals surface area contributed by atoms with Gasteiger partial charge in [0, 0.05) is 36.6 Å². The molecule has 4 aromatic rings. The van der Waals surface area contributed by atoms with Crippen molar-refractivity contribution < 1.29 is 4.79 Å². The lowest BCUT2D eigenvalue weighted by Gasteiger charge is -2.32. The first-order valence-corrected chi connectivity index (χ1v) is 11.5. The summed E-state index contributed by atoms with van der Waals surface area (Å²) in [4.78, 5) is 29.9. The van der Waals surface area contributed by atoms with Gasteiger partial charge in [-0.3, -0.25) is 4.79 Å².